The first-order chi connectivity index (χ1) is 16.9. The molecule has 0 atom stereocenters. The van der Waals surface area contributed by atoms with Crippen LogP contribution in [0.15, 0.2) is 87.9 Å². The topological polar surface area (TPSA) is 101 Å². The molecular formula is C28H22N2O5. The first-order valence-corrected chi connectivity index (χ1v) is 10.9. The van der Waals surface area contributed by atoms with Gasteiger partial charge in [0.2, 0.25) is 0 Å². The molecule has 0 aliphatic carbocycles. The molecule has 7 heteroatoms. The lowest BCUT2D eigenvalue weighted by atomic mass is 9.94. The summed E-state index contributed by atoms with van der Waals surface area (Å²) in [5.41, 5.74) is 2.49. The Hall–Kier alpha value is -4.70. The number of esters is 1. The quantitative estimate of drug-likeness (QED) is 0.300. The van der Waals surface area contributed by atoms with Crippen molar-refractivity contribution in [3.05, 3.63) is 100 Å². The molecule has 0 radical (unpaired) electrons. The van der Waals surface area contributed by atoms with Gasteiger partial charge in [-0.3, -0.25) is 14.5 Å². The summed E-state index contributed by atoms with van der Waals surface area (Å²) in [6, 6.07) is 21.7. The van der Waals surface area contributed by atoms with Crippen LogP contribution in [0, 0.1) is 11.3 Å². The fourth-order valence-corrected chi connectivity index (χ4v) is 3.86. The van der Waals surface area contributed by atoms with Crippen molar-refractivity contribution in [1.29, 1.82) is 5.26 Å². The van der Waals surface area contributed by atoms with Crippen molar-refractivity contribution in [2.75, 3.05) is 13.7 Å². The maximum Gasteiger partial charge on any atom is 0.337 e. The van der Waals surface area contributed by atoms with E-state index in [0.29, 0.717) is 34.6 Å². The van der Waals surface area contributed by atoms with Gasteiger partial charge in [0, 0.05) is 17.7 Å². The van der Waals surface area contributed by atoms with Crippen LogP contribution in [0.2, 0.25) is 0 Å². The van der Waals surface area contributed by atoms with Gasteiger partial charge in [-0.15, -0.1) is 0 Å². The zero-order valence-corrected chi connectivity index (χ0v) is 19.3. The molecule has 174 valence electrons. The molecule has 2 aromatic carbocycles. The predicted octanol–water partition coefficient (Wildman–Crippen LogP) is 4.57. The van der Waals surface area contributed by atoms with Crippen LogP contribution in [0.1, 0.15) is 28.6 Å². The largest absolute Gasteiger partial charge is 0.465 e. The molecule has 35 heavy (non-hydrogen) atoms. The Kier molecular flexibility index (Phi) is 6.74. The number of carbonyl (C=O) groups excluding carboxylic acids is 3. The zero-order valence-electron chi connectivity index (χ0n) is 19.3. The van der Waals surface area contributed by atoms with Crippen LogP contribution in [0.5, 0.6) is 0 Å². The van der Waals surface area contributed by atoms with Crippen molar-refractivity contribution < 1.29 is 23.5 Å². The van der Waals surface area contributed by atoms with Crippen molar-refractivity contribution in [3.8, 4) is 17.4 Å². The maximum atomic E-state index is 13.3. The summed E-state index contributed by atoms with van der Waals surface area (Å²) in [4.78, 5) is 39.0. The highest BCUT2D eigenvalue weighted by molar-refractivity contribution is 6.19. The van der Waals surface area contributed by atoms with Gasteiger partial charge in [0.25, 0.3) is 11.8 Å². The third-order valence-electron chi connectivity index (χ3n) is 5.77. The molecule has 3 aromatic rings. The number of hydrogen-bond donors (Lipinski definition) is 0. The van der Waals surface area contributed by atoms with Crippen molar-refractivity contribution in [3.63, 3.8) is 0 Å². The molecule has 0 saturated heterocycles. The molecule has 0 bridgehead atoms. The predicted molar refractivity (Wildman–Crippen MR) is 129 cm³/mol. The SMILES string of the molecule is COC(=O)c1cccc(-c2ccc(/C=C3/C(=O)N(CCc4ccccc4)C(=O)C(C#N)=C3C)o2)c1. The number of rotatable bonds is 6. The average molecular weight is 466 g/mol. The Bertz CT molecular complexity index is 1410. The van der Waals surface area contributed by atoms with Gasteiger partial charge in [-0.2, -0.15) is 5.26 Å². The molecular weight excluding hydrogens is 444 g/mol. The fraction of sp³-hybridized carbons (Fsp3) is 0.143. The number of amides is 2. The molecule has 1 aromatic heterocycles. The summed E-state index contributed by atoms with van der Waals surface area (Å²) in [6.07, 6.45) is 2.01. The van der Waals surface area contributed by atoms with E-state index in [-0.39, 0.29) is 17.7 Å². The summed E-state index contributed by atoms with van der Waals surface area (Å²) in [5, 5.41) is 9.59. The molecule has 0 saturated carbocycles. The molecule has 1 aliphatic rings. The van der Waals surface area contributed by atoms with E-state index in [0.717, 1.165) is 10.5 Å². The minimum atomic E-state index is -0.595. The Labute approximate surface area is 202 Å². The van der Waals surface area contributed by atoms with E-state index in [4.69, 9.17) is 9.15 Å². The van der Waals surface area contributed by atoms with Gasteiger partial charge < -0.3 is 9.15 Å². The number of hydrogen-bond acceptors (Lipinski definition) is 6. The lowest BCUT2D eigenvalue weighted by Gasteiger charge is -2.27. The molecule has 1 aliphatic heterocycles. The Morgan fingerprint density at radius 1 is 1.06 bits per heavy atom. The molecule has 0 spiro atoms. The Morgan fingerprint density at radius 2 is 1.83 bits per heavy atom. The third-order valence-corrected chi connectivity index (χ3v) is 5.77. The van der Waals surface area contributed by atoms with E-state index in [9.17, 15) is 19.6 Å². The summed E-state index contributed by atoms with van der Waals surface area (Å²) in [6.45, 7) is 1.74. The number of ether oxygens (including phenoxy) is 1. The highest BCUT2D eigenvalue weighted by atomic mass is 16.5. The van der Waals surface area contributed by atoms with Crippen LogP contribution in [-0.4, -0.2) is 36.3 Å². The van der Waals surface area contributed by atoms with Gasteiger partial charge in [-0.25, -0.2) is 4.79 Å². The summed E-state index contributed by atoms with van der Waals surface area (Å²) >= 11 is 0. The maximum absolute atomic E-state index is 13.3. The number of benzene rings is 2. The number of imide groups is 1. The number of nitriles is 1. The van der Waals surface area contributed by atoms with E-state index in [2.05, 4.69) is 0 Å². The normalized spacial score (nSPS) is 14.9. The highest BCUT2D eigenvalue weighted by Crippen LogP contribution is 2.29. The summed E-state index contributed by atoms with van der Waals surface area (Å²) < 4.78 is 10.7. The molecule has 4 rings (SSSR count). The first kappa shape index (κ1) is 23.5. The number of furan rings is 1. The third kappa shape index (κ3) is 4.82. The summed E-state index contributed by atoms with van der Waals surface area (Å²) in [5.74, 6) is -0.666. The van der Waals surface area contributed by atoms with Crippen molar-refractivity contribution in [2.45, 2.75) is 13.3 Å². The van der Waals surface area contributed by atoms with Gasteiger partial charge in [0.15, 0.2) is 0 Å². The van der Waals surface area contributed by atoms with Crippen molar-refractivity contribution in [2.24, 2.45) is 0 Å². The Balaban J connectivity index is 1.64. The average Bonchev–Trinajstić information content (AvgIpc) is 3.36. The molecule has 0 fully saturated rings. The Morgan fingerprint density at radius 3 is 2.54 bits per heavy atom. The van der Waals surface area contributed by atoms with Crippen molar-refractivity contribution in [1.82, 2.24) is 4.90 Å². The molecule has 2 heterocycles. The lowest BCUT2D eigenvalue weighted by molar-refractivity contribution is -0.140. The van der Waals surface area contributed by atoms with Gasteiger partial charge in [-0.1, -0.05) is 42.5 Å². The second-order valence-corrected chi connectivity index (χ2v) is 7.94. The van der Waals surface area contributed by atoms with Crippen LogP contribution in [-0.2, 0) is 20.7 Å². The smallest absolute Gasteiger partial charge is 0.337 e. The van der Waals surface area contributed by atoms with E-state index >= 15 is 0 Å². The van der Waals surface area contributed by atoms with Crippen LogP contribution >= 0.6 is 0 Å². The fourth-order valence-electron chi connectivity index (χ4n) is 3.86. The second kappa shape index (κ2) is 10.1. The highest BCUT2D eigenvalue weighted by Gasteiger charge is 2.35. The first-order valence-electron chi connectivity index (χ1n) is 10.9. The minimum Gasteiger partial charge on any atom is -0.465 e. The monoisotopic (exact) mass is 466 g/mol. The van der Waals surface area contributed by atoms with E-state index in [1.807, 2.05) is 36.4 Å². The lowest BCUT2D eigenvalue weighted by Crippen LogP contribution is -2.43. The van der Waals surface area contributed by atoms with Gasteiger partial charge in [-0.05, 0) is 54.8 Å². The molecule has 0 unspecified atom stereocenters. The summed E-state index contributed by atoms with van der Waals surface area (Å²) in [7, 11) is 1.31. The van der Waals surface area contributed by atoms with Crippen LogP contribution in [0.3, 0.4) is 0 Å². The van der Waals surface area contributed by atoms with Crippen LogP contribution < -0.4 is 0 Å². The van der Waals surface area contributed by atoms with Gasteiger partial charge in [0.05, 0.1) is 12.7 Å². The minimum absolute atomic E-state index is 0.0681. The number of nitrogens with zero attached hydrogens (tertiary/aromatic N) is 2. The van der Waals surface area contributed by atoms with Crippen molar-refractivity contribution >= 4 is 23.9 Å². The van der Waals surface area contributed by atoms with E-state index < -0.39 is 17.8 Å². The molecule has 0 N–H and O–H groups in total. The zero-order chi connectivity index (χ0) is 24.9. The second-order valence-electron chi connectivity index (χ2n) is 7.94. The number of methoxy groups -OCH3 is 1. The van der Waals surface area contributed by atoms with E-state index in [1.54, 1.807) is 43.3 Å². The van der Waals surface area contributed by atoms with Crippen LogP contribution in [0.4, 0.5) is 0 Å². The number of carbonyl (C=O) groups is 3. The van der Waals surface area contributed by atoms with Gasteiger partial charge >= 0.3 is 5.97 Å². The van der Waals surface area contributed by atoms with Crippen LogP contribution in [0.25, 0.3) is 17.4 Å². The van der Waals surface area contributed by atoms with E-state index in [1.165, 1.54) is 13.2 Å². The standard InChI is InChI=1S/C28H22N2O5/c1-18-23(16-22-11-12-25(35-22)20-9-6-10-21(15-20)28(33)34-2)26(31)30(27(32)24(18)17-29)14-13-19-7-4-3-5-8-19/h3-12,15-16H,13-14H2,1-2H3/b23-16+. The molecule has 2 amide bonds. The molecule has 7 nitrogen and oxygen atoms in total. The van der Waals surface area contributed by atoms with Gasteiger partial charge in [0.1, 0.15) is 23.2 Å².